The maximum Gasteiger partial charge on any atom is 0.152 e. The maximum atomic E-state index is 11.8. The van der Waals surface area contributed by atoms with Crippen molar-refractivity contribution in [3.63, 3.8) is 0 Å². The van der Waals surface area contributed by atoms with E-state index in [0.29, 0.717) is 6.04 Å². The molecule has 0 amide bonds. The molecule has 1 fully saturated rings. The van der Waals surface area contributed by atoms with Crippen LogP contribution in [0.2, 0.25) is 0 Å². The lowest BCUT2D eigenvalue weighted by Crippen LogP contribution is -2.51. The molecule has 2 atom stereocenters. The third-order valence-electron chi connectivity index (χ3n) is 5.07. The first-order chi connectivity index (χ1) is 12.8. The lowest BCUT2D eigenvalue weighted by Gasteiger charge is -2.42. The highest BCUT2D eigenvalue weighted by Crippen LogP contribution is 2.31. The number of aldehydes is 1. The lowest BCUT2D eigenvalue weighted by molar-refractivity contribution is -0.109. The Kier molecular flexibility index (Phi) is 6.15. The first-order valence-corrected chi connectivity index (χ1v) is 9.59. The highest BCUT2D eigenvalue weighted by molar-refractivity contribution is 5.68. The molecule has 140 valence electrons. The van der Waals surface area contributed by atoms with Gasteiger partial charge >= 0.3 is 0 Å². The Morgan fingerprint density at radius 3 is 2.96 bits per heavy atom. The van der Waals surface area contributed by atoms with Crippen LogP contribution in [0.15, 0.2) is 36.7 Å². The Bertz CT molecular complexity index is 687. The number of aromatic nitrogens is 2. The molecule has 6 nitrogen and oxygen atoms in total. The number of nitrogens with one attached hydrogen (secondary N) is 2. The fraction of sp³-hybridized carbons (Fsp3) is 0.500. The van der Waals surface area contributed by atoms with E-state index in [9.17, 15) is 4.79 Å². The van der Waals surface area contributed by atoms with E-state index in [2.05, 4.69) is 45.0 Å². The fourth-order valence-electron chi connectivity index (χ4n) is 3.79. The number of hydrogen-bond acceptors (Lipinski definition) is 5. The van der Waals surface area contributed by atoms with Crippen LogP contribution in [-0.2, 0) is 4.79 Å². The number of hydrogen-bond donors (Lipinski definition) is 2. The first kappa shape index (κ1) is 18.3. The van der Waals surface area contributed by atoms with Crippen LogP contribution in [0.3, 0.4) is 0 Å². The quantitative estimate of drug-likeness (QED) is 0.712. The summed E-state index contributed by atoms with van der Waals surface area (Å²) in [6.45, 7) is 6.97. The van der Waals surface area contributed by atoms with E-state index in [1.54, 1.807) is 0 Å². The minimum atomic E-state index is -0.114. The number of H-pyrrole nitrogens is 1. The number of carbonyl (C=O) groups is 1. The number of pyridine rings is 1. The van der Waals surface area contributed by atoms with Crippen molar-refractivity contribution in [2.45, 2.75) is 45.2 Å². The van der Waals surface area contributed by atoms with Gasteiger partial charge in [0, 0.05) is 38.1 Å². The molecule has 0 spiro atoms. The van der Waals surface area contributed by atoms with Gasteiger partial charge < -0.3 is 24.9 Å². The molecule has 3 rings (SSSR count). The molecule has 2 aromatic heterocycles. The van der Waals surface area contributed by atoms with E-state index in [1.807, 2.05) is 30.6 Å². The second-order valence-corrected chi connectivity index (χ2v) is 6.72. The highest BCUT2D eigenvalue weighted by atomic mass is 16.1. The third kappa shape index (κ3) is 3.84. The number of nitrogens with zero attached hydrogens (tertiary/aromatic N) is 3. The summed E-state index contributed by atoms with van der Waals surface area (Å²) in [5.41, 5.74) is 1.07. The molecule has 1 aliphatic rings. The van der Waals surface area contributed by atoms with E-state index >= 15 is 0 Å². The minimum Gasteiger partial charge on any atom is -0.382 e. The summed E-state index contributed by atoms with van der Waals surface area (Å²) < 4.78 is 0. The van der Waals surface area contributed by atoms with E-state index < -0.39 is 0 Å². The molecule has 2 aromatic rings. The van der Waals surface area contributed by atoms with Gasteiger partial charge in [-0.15, -0.1) is 0 Å². The smallest absolute Gasteiger partial charge is 0.152 e. The second-order valence-electron chi connectivity index (χ2n) is 6.72. The largest absolute Gasteiger partial charge is 0.382 e. The molecule has 2 unspecified atom stereocenters. The van der Waals surface area contributed by atoms with Gasteiger partial charge in [-0.2, -0.15) is 0 Å². The van der Waals surface area contributed by atoms with Crippen molar-refractivity contribution in [3.8, 4) is 0 Å². The molecule has 3 heterocycles. The van der Waals surface area contributed by atoms with Gasteiger partial charge in [0.05, 0.1) is 11.7 Å². The van der Waals surface area contributed by atoms with Crippen molar-refractivity contribution in [2.75, 3.05) is 34.8 Å². The monoisotopic (exact) mass is 355 g/mol. The zero-order chi connectivity index (χ0) is 18.4. The van der Waals surface area contributed by atoms with Gasteiger partial charge in [-0.25, -0.2) is 4.98 Å². The van der Waals surface area contributed by atoms with Gasteiger partial charge in [-0.1, -0.05) is 6.92 Å². The van der Waals surface area contributed by atoms with E-state index in [-0.39, 0.29) is 6.04 Å². The topological polar surface area (TPSA) is 64.3 Å². The zero-order valence-corrected chi connectivity index (χ0v) is 15.7. The molecule has 0 aliphatic carbocycles. The molecular formula is C20H29N5O. The van der Waals surface area contributed by atoms with Crippen LogP contribution in [0.1, 0.15) is 33.1 Å². The maximum absolute atomic E-state index is 11.8. The third-order valence-corrected chi connectivity index (χ3v) is 5.07. The summed E-state index contributed by atoms with van der Waals surface area (Å²) in [4.78, 5) is 24.2. The molecule has 0 bridgehead atoms. The molecule has 0 saturated carbocycles. The van der Waals surface area contributed by atoms with Crippen molar-refractivity contribution >= 4 is 23.6 Å². The average molecular weight is 355 g/mol. The van der Waals surface area contributed by atoms with Crippen LogP contribution in [-0.4, -0.2) is 48.0 Å². The summed E-state index contributed by atoms with van der Waals surface area (Å²) in [6.07, 6.45) is 7.71. The normalized spacial score (nSPS) is 20.0. The van der Waals surface area contributed by atoms with Gasteiger partial charge in [-0.3, -0.25) is 0 Å². The van der Waals surface area contributed by atoms with Crippen LogP contribution in [0.5, 0.6) is 0 Å². The number of carbonyl (C=O) groups excluding carboxylic acids is 1. The van der Waals surface area contributed by atoms with Gasteiger partial charge in [0.1, 0.15) is 12.1 Å². The standard InChI is InChI=1S/C20H29N5O/c1-3-10-21-18-7-5-12-23-20(18)24(4-2)16-9-13-25(17(14-16)15-26)19-8-6-11-22-19/h5-8,11-12,15-17,21-22H,3-4,9-10,13-14H2,1-2H3. The van der Waals surface area contributed by atoms with Crippen LogP contribution in [0, 0.1) is 0 Å². The summed E-state index contributed by atoms with van der Waals surface area (Å²) in [6, 6.07) is 8.25. The van der Waals surface area contributed by atoms with E-state index in [1.165, 1.54) is 0 Å². The van der Waals surface area contributed by atoms with Crippen molar-refractivity contribution < 1.29 is 4.79 Å². The van der Waals surface area contributed by atoms with Crippen molar-refractivity contribution in [3.05, 3.63) is 36.7 Å². The molecule has 6 heteroatoms. The van der Waals surface area contributed by atoms with Gasteiger partial charge in [0.2, 0.25) is 0 Å². The second kappa shape index (κ2) is 8.74. The summed E-state index contributed by atoms with van der Waals surface area (Å²) in [5.74, 6) is 2.01. The Morgan fingerprint density at radius 2 is 2.27 bits per heavy atom. The predicted octanol–water partition coefficient (Wildman–Crippen LogP) is 3.29. The Labute approximate surface area is 155 Å². The molecular weight excluding hydrogens is 326 g/mol. The van der Waals surface area contributed by atoms with Gasteiger partial charge in [0.15, 0.2) is 5.82 Å². The lowest BCUT2D eigenvalue weighted by atomic mass is 9.96. The molecule has 1 saturated heterocycles. The van der Waals surface area contributed by atoms with Crippen molar-refractivity contribution in [1.29, 1.82) is 0 Å². The molecule has 26 heavy (non-hydrogen) atoms. The van der Waals surface area contributed by atoms with Crippen LogP contribution in [0.4, 0.5) is 17.3 Å². The van der Waals surface area contributed by atoms with Gasteiger partial charge in [0.25, 0.3) is 0 Å². The summed E-state index contributed by atoms with van der Waals surface area (Å²) >= 11 is 0. The van der Waals surface area contributed by atoms with Crippen molar-refractivity contribution in [1.82, 2.24) is 9.97 Å². The van der Waals surface area contributed by atoms with Crippen LogP contribution in [0.25, 0.3) is 0 Å². The first-order valence-electron chi connectivity index (χ1n) is 9.59. The SMILES string of the molecule is CCCNc1cccnc1N(CC)C1CCN(c2ccc[nH]2)C(C=O)C1. The summed E-state index contributed by atoms with van der Waals surface area (Å²) in [5, 5.41) is 3.48. The zero-order valence-electron chi connectivity index (χ0n) is 15.7. The number of rotatable bonds is 8. The highest BCUT2D eigenvalue weighted by Gasteiger charge is 2.32. The van der Waals surface area contributed by atoms with Crippen LogP contribution >= 0.6 is 0 Å². The Balaban J connectivity index is 1.78. The molecule has 0 aromatic carbocycles. The minimum absolute atomic E-state index is 0.114. The van der Waals surface area contributed by atoms with Gasteiger partial charge in [-0.05, 0) is 50.5 Å². The fourth-order valence-corrected chi connectivity index (χ4v) is 3.79. The average Bonchev–Trinajstić information content (AvgIpc) is 3.22. The summed E-state index contributed by atoms with van der Waals surface area (Å²) in [7, 11) is 0. The van der Waals surface area contributed by atoms with Crippen LogP contribution < -0.4 is 15.1 Å². The van der Waals surface area contributed by atoms with Crippen molar-refractivity contribution in [2.24, 2.45) is 0 Å². The number of anilines is 3. The van der Waals surface area contributed by atoms with E-state index in [0.717, 1.165) is 62.5 Å². The molecule has 0 radical (unpaired) electrons. The number of piperidine rings is 1. The number of aromatic amines is 1. The Morgan fingerprint density at radius 1 is 1.38 bits per heavy atom. The Hall–Kier alpha value is -2.50. The molecule has 2 N–H and O–H groups in total. The van der Waals surface area contributed by atoms with E-state index in [4.69, 9.17) is 0 Å². The predicted molar refractivity (Wildman–Crippen MR) is 107 cm³/mol. The molecule has 1 aliphatic heterocycles.